The second-order valence-corrected chi connectivity index (χ2v) is 3.39. The average molecular weight is 157 g/mol. The summed E-state index contributed by atoms with van der Waals surface area (Å²) in [6.45, 7) is 6.83. The Morgan fingerprint density at radius 3 is 2.27 bits per heavy atom. The van der Waals surface area contributed by atoms with Crippen LogP contribution in [0.2, 0.25) is 0 Å². The molecular weight excluding hydrogens is 134 g/mol. The lowest BCUT2D eigenvalue weighted by molar-refractivity contribution is 0.351. The molecule has 0 aromatic carbocycles. The smallest absolute Gasteiger partial charge is 0.00638 e. The van der Waals surface area contributed by atoms with Crippen LogP contribution >= 0.6 is 0 Å². The summed E-state index contributed by atoms with van der Waals surface area (Å²) >= 11 is 0. The van der Waals surface area contributed by atoms with Gasteiger partial charge in [0.15, 0.2) is 0 Å². The van der Waals surface area contributed by atoms with Gasteiger partial charge < -0.3 is 5.32 Å². The van der Waals surface area contributed by atoms with E-state index in [4.69, 9.17) is 0 Å². The van der Waals surface area contributed by atoms with Crippen LogP contribution in [-0.2, 0) is 0 Å². The first kappa shape index (κ1) is 11.0. The molecule has 1 nitrogen and oxygen atoms in total. The Morgan fingerprint density at radius 2 is 1.91 bits per heavy atom. The van der Waals surface area contributed by atoms with Crippen LogP contribution in [0, 0.1) is 5.92 Å². The van der Waals surface area contributed by atoms with E-state index in [2.05, 4.69) is 33.1 Å². The summed E-state index contributed by atoms with van der Waals surface area (Å²) in [5, 5.41) is 3.32. The van der Waals surface area contributed by atoms with E-state index in [9.17, 15) is 0 Å². The predicted molar refractivity (Wildman–Crippen MR) is 51.8 cm³/mol. The molecule has 1 N–H and O–H groups in total. The molecular formula is C10H23N. The maximum Gasteiger partial charge on any atom is 0.00638 e. The molecule has 0 aliphatic carbocycles. The van der Waals surface area contributed by atoms with Gasteiger partial charge in [-0.15, -0.1) is 0 Å². The van der Waals surface area contributed by atoms with Gasteiger partial charge >= 0.3 is 0 Å². The third-order valence-corrected chi connectivity index (χ3v) is 2.62. The lowest BCUT2D eigenvalue weighted by Gasteiger charge is -2.21. The molecule has 0 spiro atoms. The van der Waals surface area contributed by atoms with E-state index in [0.717, 1.165) is 5.92 Å². The normalized spacial score (nSPS) is 16.4. The number of hydrogen-bond acceptors (Lipinski definition) is 1. The Hall–Kier alpha value is -0.0400. The number of unbranched alkanes of at least 4 members (excludes halogenated alkanes) is 1. The summed E-state index contributed by atoms with van der Waals surface area (Å²) in [6, 6.07) is 0.687. The lowest BCUT2D eigenvalue weighted by atomic mass is 9.93. The van der Waals surface area contributed by atoms with Crippen LogP contribution in [0.25, 0.3) is 0 Å². The van der Waals surface area contributed by atoms with Crippen LogP contribution in [0.3, 0.4) is 0 Å². The molecule has 0 radical (unpaired) electrons. The molecule has 1 heteroatoms. The number of nitrogens with one attached hydrogen (secondary N) is 1. The summed E-state index contributed by atoms with van der Waals surface area (Å²) in [7, 11) is 2.05. The molecule has 0 fully saturated rings. The first-order chi connectivity index (χ1) is 5.26. The standard InChI is InChI=1S/C10H23N/c1-5-7-8-10(6-2)9(3)11-4/h9-11H,5-8H2,1-4H3. The van der Waals surface area contributed by atoms with Crippen molar-refractivity contribution >= 4 is 0 Å². The third-order valence-electron chi connectivity index (χ3n) is 2.62. The van der Waals surface area contributed by atoms with Gasteiger partial charge in [0, 0.05) is 6.04 Å². The molecule has 2 unspecified atom stereocenters. The van der Waals surface area contributed by atoms with Gasteiger partial charge in [0.1, 0.15) is 0 Å². The van der Waals surface area contributed by atoms with E-state index < -0.39 is 0 Å². The van der Waals surface area contributed by atoms with Gasteiger partial charge in [-0.05, 0) is 26.3 Å². The SMILES string of the molecule is CCCCC(CC)C(C)NC. The van der Waals surface area contributed by atoms with Crippen molar-refractivity contribution in [1.29, 1.82) is 0 Å². The fraction of sp³-hybridized carbons (Fsp3) is 1.00. The van der Waals surface area contributed by atoms with E-state index in [1.807, 2.05) is 0 Å². The van der Waals surface area contributed by atoms with Crippen molar-refractivity contribution in [2.75, 3.05) is 7.05 Å². The highest BCUT2D eigenvalue weighted by Crippen LogP contribution is 2.15. The highest BCUT2D eigenvalue weighted by Gasteiger charge is 2.11. The number of hydrogen-bond donors (Lipinski definition) is 1. The van der Waals surface area contributed by atoms with Crippen molar-refractivity contribution in [2.24, 2.45) is 5.92 Å². The summed E-state index contributed by atoms with van der Waals surface area (Å²) < 4.78 is 0. The van der Waals surface area contributed by atoms with E-state index in [-0.39, 0.29) is 0 Å². The van der Waals surface area contributed by atoms with Crippen molar-refractivity contribution in [2.45, 2.75) is 52.5 Å². The van der Waals surface area contributed by atoms with Gasteiger partial charge in [0.2, 0.25) is 0 Å². The minimum Gasteiger partial charge on any atom is -0.317 e. The molecule has 0 bridgehead atoms. The maximum atomic E-state index is 3.32. The van der Waals surface area contributed by atoms with Crippen molar-refractivity contribution in [3.63, 3.8) is 0 Å². The van der Waals surface area contributed by atoms with Crippen LogP contribution in [0.1, 0.15) is 46.5 Å². The zero-order valence-corrected chi connectivity index (χ0v) is 8.48. The van der Waals surface area contributed by atoms with E-state index in [0.29, 0.717) is 6.04 Å². The van der Waals surface area contributed by atoms with Gasteiger partial charge in [-0.3, -0.25) is 0 Å². The second kappa shape index (κ2) is 6.66. The second-order valence-electron chi connectivity index (χ2n) is 3.39. The van der Waals surface area contributed by atoms with Gasteiger partial charge in [-0.2, -0.15) is 0 Å². The van der Waals surface area contributed by atoms with Crippen molar-refractivity contribution in [1.82, 2.24) is 5.32 Å². The van der Waals surface area contributed by atoms with Crippen LogP contribution in [0.4, 0.5) is 0 Å². The largest absolute Gasteiger partial charge is 0.317 e. The topological polar surface area (TPSA) is 12.0 Å². The average Bonchev–Trinajstić information content (AvgIpc) is 2.05. The fourth-order valence-corrected chi connectivity index (χ4v) is 1.51. The summed E-state index contributed by atoms with van der Waals surface area (Å²) in [5.74, 6) is 0.875. The quantitative estimate of drug-likeness (QED) is 0.625. The first-order valence-corrected chi connectivity index (χ1v) is 4.93. The van der Waals surface area contributed by atoms with Crippen molar-refractivity contribution < 1.29 is 0 Å². The fourth-order valence-electron chi connectivity index (χ4n) is 1.51. The molecule has 0 aromatic heterocycles. The first-order valence-electron chi connectivity index (χ1n) is 4.93. The van der Waals surface area contributed by atoms with Gasteiger partial charge in [-0.1, -0.05) is 33.1 Å². The van der Waals surface area contributed by atoms with Crippen LogP contribution in [0.5, 0.6) is 0 Å². The molecule has 0 saturated heterocycles. The van der Waals surface area contributed by atoms with E-state index in [1.54, 1.807) is 0 Å². The molecule has 68 valence electrons. The lowest BCUT2D eigenvalue weighted by Crippen LogP contribution is -2.29. The molecule has 0 rings (SSSR count). The molecule has 0 aliphatic rings. The monoisotopic (exact) mass is 157 g/mol. The van der Waals surface area contributed by atoms with E-state index in [1.165, 1.54) is 25.7 Å². The Morgan fingerprint density at radius 1 is 1.27 bits per heavy atom. The van der Waals surface area contributed by atoms with Gasteiger partial charge in [0.05, 0.1) is 0 Å². The predicted octanol–water partition coefficient (Wildman–Crippen LogP) is 2.81. The van der Waals surface area contributed by atoms with Crippen LogP contribution in [-0.4, -0.2) is 13.1 Å². The molecule has 2 atom stereocenters. The third kappa shape index (κ3) is 4.41. The summed E-state index contributed by atoms with van der Waals surface area (Å²) in [4.78, 5) is 0. The molecule has 0 heterocycles. The Bertz CT molecular complexity index is 80.9. The highest BCUT2D eigenvalue weighted by atomic mass is 14.9. The van der Waals surface area contributed by atoms with E-state index >= 15 is 0 Å². The Kier molecular flexibility index (Phi) is 6.63. The van der Waals surface area contributed by atoms with Crippen LogP contribution in [0.15, 0.2) is 0 Å². The molecule has 11 heavy (non-hydrogen) atoms. The van der Waals surface area contributed by atoms with Gasteiger partial charge in [0.25, 0.3) is 0 Å². The minimum atomic E-state index is 0.687. The molecule has 0 saturated carbocycles. The highest BCUT2D eigenvalue weighted by molar-refractivity contribution is 4.68. The van der Waals surface area contributed by atoms with Crippen molar-refractivity contribution in [3.05, 3.63) is 0 Å². The minimum absolute atomic E-state index is 0.687. The van der Waals surface area contributed by atoms with Gasteiger partial charge in [-0.25, -0.2) is 0 Å². The molecule has 0 aliphatic heterocycles. The maximum absolute atomic E-state index is 3.32. The Balaban J connectivity index is 3.56. The van der Waals surface area contributed by atoms with Crippen molar-refractivity contribution in [3.8, 4) is 0 Å². The molecule has 0 aromatic rings. The summed E-state index contributed by atoms with van der Waals surface area (Å²) in [6.07, 6.45) is 5.40. The number of rotatable bonds is 6. The zero-order chi connectivity index (χ0) is 8.69. The Labute approximate surface area is 71.6 Å². The molecule has 0 amide bonds. The summed E-state index contributed by atoms with van der Waals surface area (Å²) in [5.41, 5.74) is 0. The van der Waals surface area contributed by atoms with Crippen LogP contribution < -0.4 is 5.32 Å². The zero-order valence-electron chi connectivity index (χ0n) is 8.48.